The molecule has 1 amide bonds. The van der Waals surface area contributed by atoms with E-state index in [1.54, 1.807) is 31.8 Å². The van der Waals surface area contributed by atoms with Gasteiger partial charge in [-0.05, 0) is 47.9 Å². The van der Waals surface area contributed by atoms with Gasteiger partial charge in [0.15, 0.2) is 0 Å². The molecule has 5 nitrogen and oxygen atoms in total. The number of allylic oxidation sites excluding steroid dienone is 1. The Bertz CT molecular complexity index is 1250. The van der Waals surface area contributed by atoms with Gasteiger partial charge in [0.25, 0.3) is 0 Å². The summed E-state index contributed by atoms with van der Waals surface area (Å²) < 4.78 is 12.4. The van der Waals surface area contributed by atoms with Gasteiger partial charge >= 0.3 is 0 Å². The fraction of sp³-hybridized carbons (Fsp3) is 0.120. The van der Waals surface area contributed by atoms with Gasteiger partial charge in [0.1, 0.15) is 11.3 Å². The zero-order valence-electron chi connectivity index (χ0n) is 17.2. The van der Waals surface area contributed by atoms with Crippen molar-refractivity contribution in [2.75, 3.05) is 7.11 Å². The van der Waals surface area contributed by atoms with Gasteiger partial charge < -0.3 is 14.5 Å². The van der Waals surface area contributed by atoms with Crippen LogP contribution < -0.4 is 10.1 Å². The highest BCUT2D eigenvalue weighted by Gasteiger charge is 2.15. The Labute approximate surface area is 188 Å². The number of methoxy groups -OCH3 is 1. The van der Waals surface area contributed by atoms with Crippen LogP contribution in [0.5, 0.6) is 5.75 Å². The van der Waals surface area contributed by atoms with Crippen molar-refractivity contribution < 1.29 is 13.9 Å². The first kappa shape index (κ1) is 20.9. The van der Waals surface area contributed by atoms with Crippen molar-refractivity contribution in [3.05, 3.63) is 88.9 Å². The number of carbonyl (C=O) groups is 1. The third-order valence-corrected chi connectivity index (χ3v) is 5.54. The third kappa shape index (κ3) is 4.70. The van der Waals surface area contributed by atoms with Crippen LogP contribution in [0.15, 0.2) is 82.2 Å². The maximum Gasteiger partial charge on any atom is 0.244 e. The first-order chi connectivity index (χ1) is 15.0. The number of hydrogen-bond donors (Lipinski definition) is 1. The van der Waals surface area contributed by atoms with Crippen LogP contribution in [0.25, 0.3) is 27.7 Å². The van der Waals surface area contributed by atoms with Gasteiger partial charge in [0.2, 0.25) is 5.91 Å². The normalized spacial score (nSPS) is 11.5. The molecule has 1 N–H and O–H groups in total. The lowest BCUT2D eigenvalue weighted by Gasteiger charge is -2.10. The number of halogens is 1. The summed E-state index contributed by atoms with van der Waals surface area (Å²) in [5.41, 5.74) is 5.34. The fourth-order valence-electron chi connectivity index (χ4n) is 3.40. The van der Waals surface area contributed by atoms with Crippen LogP contribution in [0.1, 0.15) is 18.1 Å². The lowest BCUT2D eigenvalue weighted by Crippen LogP contribution is -2.20. The summed E-state index contributed by atoms with van der Waals surface area (Å²) in [6.07, 6.45) is 6.77. The van der Waals surface area contributed by atoms with E-state index in [-0.39, 0.29) is 5.91 Å². The van der Waals surface area contributed by atoms with Gasteiger partial charge in [-0.2, -0.15) is 0 Å². The molecule has 2 aromatic heterocycles. The number of ether oxygens (including phenoxy) is 1. The number of hydrogen-bond acceptors (Lipinski definition) is 4. The summed E-state index contributed by atoms with van der Waals surface area (Å²) in [6.45, 7) is 2.31. The smallest absolute Gasteiger partial charge is 0.244 e. The van der Waals surface area contributed by atoms with Crippen molar-refractivity contribution in [2.45, 2.75) is 13.5 Å². The second-order valence-corrected chi connectivity index (χ2v) is 8.03. The average Bonchev–Trinajstić information content (AvgIpc) is 3.21. The predicted octanol–water partition coefficient (Wildman–Crippen LogP) is 5.99. The zero-order valence-corrected chi connectivity index (χ0v) is 18.8. The monoisotopic (exact) mass is 476 g/mol. The number of nitrogens with one attached hydrogen (secondary N) is 1. The van der Waals surface area contributed by atoms with E-state index in [0.717, 1.165) is 43.3 Å². The molecule has 0 saturated heterocycles. The standard InChI is InChI=1S/C25H21BrN2O3/c1-16(10-25(29)28-14-17-4-3-9-27-13-17)20-11-21-22(18-5-7-19(26)8-6-18)15-31-24(21)12-23(20)30-2/h3-13,15H,14H2,1-2H3,(H,28,29)/b16-10+. The van der Waals surface area contributed by atoms with Crippen molar-refractivity contribution in [2.24, 2.45) is 0 Å². The third-order valence-electron chi connectivity index (χ3n) is 5.01. The molecule has 4 aromatic rings. The van der Waals surface area contributed by atoms with E-state index in [1.165, 1.54) is 0 Å². The topological polar surface area (TPSA) is 64.4 Å². The van der Waals surface area contributed by atoms with Crippen molar-refractivity contribution in [1.82, 2.24) is 10.3 Å². The first-order valence-electron chi connectivity index (χ1n) is 9.75. The van der Waals surface area contributed by atoms with Gasteiger partial charge in [-0.15, -0.1) is 0 Å². The maximum atomic E-state index is 12.5. The maximum absolute atomic E-state index is 12.5. The summed E-state index contributed by atoms with van der Waals surface area (Å²) in [5, 5.41) is 3.85. The molecule has 0 spiro atoms. The van der Waals surface area contributed by atoms with E-state index >= 15 is 0 Å². The van der Waals surface area contributed by atoms with Gasteiger partial charge in [-0.25, -0.2) is 0 Å². The molecule has 0 radical (unpaired) electrons. The number of nitrogens with zero attached hydrogens (tertiary/aromatic N) is 1. The van der Waals surface area contributed by atoms with Crippen molar-refractivity contribution in [3.63, 3.8) is 0 Å². The minimum absolute atomic E-state index is 0.177. The SMILES string of the molecule is COc1cc2occ(-c3ccc(Br)cc3)c2cc1/C(C)=C/C(=O)NCc1cccnc1. The molecule has 31 heavy (non-hydrogen) atoms. The number of benzene rings is 2. The predicted molar refractivity (Wildman–Crippen MR) is 126 cm³/mol. The Morgan fingerprint density at radius 2 is 2.03 bits per heavy atom. The molecule has 2 heterocycles. The van der Waals surface area contributed by atoms with Crippen molar-refractivity contribution >= 4 is 38.4 Å². The highest BCUT2D eigenvalue weighted by molar-refractivity contribution is 9.10. The Balaban J connectivity index is 1.65. The molecule has 6 heteroatoms. The largest absolute Gasteiger partial charge is 0.496 e. The lowest BCUT2D eigenvalue weighted by molar-refractivity contribution is -0.116. The first-order valence-corrected chi connectivity index (χ1v) is 10.5. The number of rotatable bonds is 6. The Hall–Kier alpha value is -3.38. The zero-order chi connectivity index (χ0) is 21.8. The number of furan rings is 1. The molecular weight excluding hydrogens is 456 g/mol. The van der Waals surface area contributed by atoms with Crippen LogP contribution >= 0.6 is 15.9 Å². The van der Waals surface area contributed by atoms with Crippen LogP contribution in [0.4, 0.5) is 0 Å². The minimum Gasteiger partial charge on any atom is -0.496 e. The van der Waals surface area contributed by atoms with E-state index < -0.39 is 0 Å². The molecule has 2 aromatic carbocycles. The molecule has 0 bridgehead atoms. The molecule has 4 rings (SSSR count). The van der Waals surface area contributed by atoms with Crippen LogP contribution in [0.2, 0.25) is 0 Å². The second-order valence-electron chi connectivity index (χ2n) is 7.11. The Kier molecular flexibility index (Phi) is 6.18. The Morgan fingerprint density at radius 3 is 2.74 bits per heavy atom. The molecule has 0 unspecified atom stereocenters. The molecule has 0 saturated carbocycles. The van der Waals surface area contributed by atoms with Gasteiger partial charge in [0.05, 0.1) is 13.4 Å². The van der Waals surface area contributed by atoms with E-state index in [0.29, 0.717) is 12.3 Å². The van der Waals surface area contributed by atoms with Gasteiger partial charge in [-0.3, -0.25) is 9.78 Å². The quantitative estimate of drug-likeness (QED) is 0.347. The lowest BCUT2D eigenvalue weighted by atomic mass is 9.99. The number of aromatic nitrogens is 1. The highest BCUT2D eigenvalue weighted by Crippen LogP contribution is 2.37. The molecule has 0 aliphatic heterocycles. The summed E-state index contributed by atoms with van der Waals surface area (Å²) in [5.74, 6) is 0.474. The molecule has 0 fully saturated rings. The molecular formula is C25H21BrN2O3. The average molecular weight is 477 g/mol. The van der Waals surface area contributed by atoms with Crippen LogP contribution in [-0.2, 0) is 11.3 Å². The molecule has 156 valence electrons. The van der Waals surface area contributed by atoms with E-state index in [1.807, 2.05) is 55.5 Å². The second kappa shape index (κ2) is 9.18. The fourth-order valence-corrected chi connectivity index (χ4v) is 3.67. The van der Waals surface area contributed by atoms with Crippen LogP contribution in [0.3, 0.4) is 0 Å². The molecule has 0 atom stereocenters. The van der Waals surface area contributed by atoms with Gasteiger partial charge in [-0.1, -0.05) is 34.1 Å². The van der Waals surface area contributed by atoms with E-state index in [2.05, 4.69) is 26.2 Å². The highest BCUT2D eigenvalue weighted by atomic mass is 79.9. The molecule has 0 aliphatic carbocycles. The van der Waals surface area contributed by atoms with E-state index in [9.17, 15) is 4.79 Å². The van der Waals surface area contributed by atoms with Gasteiger partial charge in [0, 0.05) is 52.1 Å². The van der Waals surface area contributed by atoms with Crippen molar-refractivity contribution in [3.8, 4) is 16.9 Å². The molecule has 0 aliphatic rings. The van der Waals surface area contributed by atoms with Crippen LogP contribution in [-0.4, -0.2) is 18.0 Å². The number of amides is 1. The Morgan fingerprint density at radius 1 is 1.23 bits per heavy atom. The number of carbonyl (C=O) groups excluding carboxylic acids is 1. The summed E-state index contributed by atoms with van der Waals surface area (Å²) >= 11 is 3.47. The minimum atomic E-state index is -0.177. The van der Waals surface area contributed by atoms with Crippen molar-refractivity contribution in [1.29, 1.82) is 0 Å². The number of pyridine rings is 1. The van der Waals surface area contributed by atoms with Crippen LogP contribution in [0, 0.1) is 0 Å². The summed E-state index contributed by atoms with van der Waals surface area (Å²) in [6, 6.07) is 15.7. The number of fused-ring (bicyclic) bond motifs is 1. The van der Waals surface area contributed by atoms with E-state index in [4.69, 9.17) is 9.15 Å². The summed E-state index contributed by atoms with van der Waals surface area (Å²) in [4.78, 5) is 16.5. The summed E-state index contributed by atoms with van der Waals surface area (Å²) in [7, 11) is 1.61.